The van der Waals surface area contributed by atoms with Crippen LogP contribution in [0.25, 0.3) is 22.3 Å². The number of ether oxygens (including phenoxy) is 1. The van der Waals surface area contributed by atoms with E-state index in [-0.39, 0.29) is 0 Å². The zero-order valence-corrected chi connectivity index (χ0v) is 23.1. The number of hydrogen-bond acceptors (Lipinski definition) is 2. The highest BCUT2D eigenvalue weighted by Crippen LogP contribution is 2.46. The first-order valence-corrected chi connectivity index (χ1v) is 13.7. The van der Waals surface area contributed by atoms with Crippen LogP contribution in [0.15, 0.2) is 150 Å². The topological polar surface area (TPSA) is 27.1 Å². The van der Waals surface area contributed by atoms with Gasteiger partial charge in [-0.1, -0.05) is 103 Å². The summed E-state index contributed by atoms with van der Waals surface area (Å²) in [5.74, 6) is 0.815. The van der Waals surface area contributed by atoms with Crippen molar-refractivity contribution in [3.8, 4) is 28.0 Å². The van der Waals surface area contributed by atoms with Gasteiger partial charge in [-0.15, -0.1) is 0 Å². The summed E-state index contributed by atoms with van der Waals surface area (Å²) in [4.78, 5) is 0. The fraction of sp³-hybridized carbons (Fsp3) is 0.0571. The van der Waals surface area contributed by atoms with Crippen LogP contribution in [0, 0.1) is 0 Å². The molecule has 0 spiro atoms. The molecule has 0 amide bonds. The first-order chi connectivity index (χ1) is 19.2. The molecule has 0 saturated heterocycles. The zero-order valence-electron chi connectivity index (χ0n) is 21.5. The third-order valence-electron chi connectivity index (χ3n) is 7.19. The molecule has 39 heavy (non-hydrogen) atoms. The van der Waals surface area contributed by atoms with E-state index in [1.54, 1.807) is 7.11 Å². The van der Waals surface area contributed by atoms with Gasteiger partial charge in [-0.3, -0.25) is 4.68 Å². The van der Waals surface area contributed by atoms with E-state index in [4.69, 9.17) is 9.84 Å². The van der Waals surface area contributed by atoms with Crippen LogP contribution in [0.4, 0.5) is 0 Å². The summed E-state index contributed by atoms with van der Waals surface area (Å²) in [6, 6.07) is 46.5. The maximum absolute atomic E-state index is 5.60. The second-order valence-electron chi connectivity index (χ2n) is 9.38. The van der Waals surface area contributed by atoms with Crippen LogP contribution in [0.3, 0.4) is 0 Å². The minimum Gasteiger partial charge on any atom is -0.497 e. The SMILES string of the molecule is COc1cccc(-c2cc(C(c3ccccc3)(c3ccccc3)n3cccn3)cc(-c3ccccc3)c2Br)c1. The van der Waals surface area contributed by atoms with Crippen LogP contribution in [0.5, 0.6) is 5.75 Å². The summed E-state index contributed by atoms with van der Waals surface area (Å²) in [5, 5.41) is 4.86. The van der Waals surface area contributed by atoms with Crippen molar-refractivity contribution < 1.29 is 4.74 Å². The molecule has 0 saturated carbocycles. The largest absolute Gasteiger partial charge is 0.497 e. The van der Waals surface area contributed by atoms with Gasteiger partial charge in [0.2, 0.25) is 0 Å². The van der Waals surface area contributed by atoms with E-state index >= 15 is 0 Å². The Morgan fingerprint density at radius 2 is 1.18 bits per heavy atom. The van der Waals surface area contributed by atoms with Gasteiger partial charge in [0.1, 0.15) is 11.3 Å². The smallest absolute Gasteiger partial charge is 0.138 e. The van der Waals surface area contributed by atoms with Gasteiger partial charge in [-0.05, 0) is 85.2 Å². The van der Waals surface area contributed by atoms with Crippen LogP contribution >= 0.6 is 15.9 Å². The molecule has 0 fully saturated rings. The van der Waals surface area contributed by atoms with E-state index in [0.717, 1.165) is 49.2 Å². The Labute approximate surface area is 237 Å². The standard InChI is InChI=1S/C35H27BrN2O/c1-39-31-20-11-15-27(23-31)33-25-30(24-32(34(33)36)26-13-5-2-6-14-26)35(38-22-12-21-37-38,28-16-7-3-8-17-28)29-18-9-4-10-19-29/h2-25H,1H3. The van der Waals surface area contributed by atoms with Crippen molar-refractivity contribution in [3.63, 3.8) is 0 Å². The van der Waals surface area contributed by atoms with Gasteiger partial charge < -0.3 is 4.74 Å². The number of methoxy groups -OCH3 is 1. The average Bonchev–Trinajstić information content (AvgIpc) is 3.55. The van der Waals surface area contributed by atoms with E-state index < -0.39 is 5.54 Å². The van der Waals surface area contributed by atoms with Gasteiger partial charge >= 0.3 is 0 Å². The second-order valence-corrected chi connectivity index (χ2v) is 10.2. The Kier molecular flexibility index (Phi) is 6.87. The van der Waals surface area contributed by atoms with Gasteiger partial charge in [-0.2, -0.15) is 5.10 Å². The van der Waals surface area contributed by atoms with Crippen LogP contribution < -0.4 is 4.74 Å². The maximum atomic E-state index is 5.60. The third-order valence-corrected chi connectivity index (χ3v) is 8.04. The molecule has 0 bridgehead atoms. The highest BCUT2D eigenvalue weighted by atomic mass is 79.9. The van der Waals surface area contributed by atoms with Crippen molar-refractivity contribution in [1.29, 1.82) is 0 Å². The molecule has 1 heterocycles. The number of nitrogens with zero attached hydrogens (tertiary/aromatic N) is 2. The van der Waals surface area contributed by atoms with Gasteiger partial charge in [0, 0.05) is 16.9 Å². The van der Waals surface area contributed by atoms with E-state index in [1.165, 1.54) is 0 Å². The van der Waals surface area contributed by atoms with Crippen LogP contribution in [-0.2, 0) is 5.54 Å². The van der Waals surface area contributed by atoms with E-state index in [0.29, 0.717) is 0 Å². The lowest BCUT2D eigenvalue weighted by atomic mass is 9.75. The minimum atomic E-state index is -0.718. The van der Waals surface area contributed by atoms with E-state index in [1.807, 2.05) is 30.5 Å². The molecule has 3 nitrogen and oxygen atoms in total. The summed E-state index contributed by atoms with van der Waals surface area (Å²) in [7, 11) is 1.70. The van der Waals surface area contributed by atoms with Crippen LogP contribution in [-0.4, -0.2) is 16.9 Å². The number of aromatic nitrogens is 2. The van der Waals surface area contributed by atoms with Gasteiger partial charge in [0.25, 0.3) is 0 Å². The zero-order chi connectivity index (χ0) is 26.7. The van der Waals surface area contributed by atoms with Gasteiger partial charge in [0.05, 0.1) is 7.11 Å². The van der Waals surface area contributed by atoms with Crippen molar-refractivity contribution in [1.82, 2.24) is 9.78 Å². The molecule has 190 valence electrons. The third kappa shape index (κ3) is 4.47. The normalized spacial score (nSPS) is 11.3. The quantitative estimate of drug-likeness (QED) is 0.179. The first-order valence-electron chi connectivity index (χ1n) is 12.9. The molecular formula is C35H27BrN2O. The lowest BCUT2D eigenvalue weighted by Crippen LogP contribution is -2.38. The van der Waals surface area contributed by atoms with Crippen molar-refractivity contribution in [2.24, 2.45) is 0 Å². The molecule has 0 atom stereocenters. The summed E-state index contributed by atoms with van der Waals surface area (Å²) >= 11 is 4.00. The fourth-order valence-corrected chi connectivity index (χ4v) is 6.07. The predicted octanol–water partition coefficient (Wildman–Crippen LogP) is 8.83. The monoisotopic (exact) mass is 570 g/mol. The molecule has 6 rings (SSSR count). The van der Waals surface area contributed by atoms with Crippen molar-refractivity contribution >= 4 is 15.9 Å². The molecule has 5 aromatic carbocycles. The van der Waals surface area contributed by atoms with Gasteiger partial charge in [0.15, 0.2) is 0 Å². The van der Waals surface area contributed by atoms with Crippen molar-refractivity contribution in [2.75, 3.05) is 7.11 Å². The second kappa shape index (κ2) is 10.8. The number of halogens is 1. The molecule has 0 N–H and O–H groups in total. The lowest BCUT2D eigenvalue weighted by molar-refractivity contribution is 0.415. The lowest BCUT2D eigenvalue weighted by Gasteiger charge is -2.37. The number of hydrogen-bond donors (Lipinski definition) is 0. The number of benzene rings is 5. The molecule has 0 aliphatic carbocycles. The number of rotatable bonds is 7. The molecule has 1 aromatic heterocycles. The molecule has 0 unspecified atom stereocenters. The molecule has 0 radical (unpaired) electrons. The Morgan fingerprint density at radius 1 is 0.615 bits per heavy atom. The average molecular weight is 572 g/mol. The molecular weight excluding hydrogens is 544 g/mol. The van der Waals surface area contributed by atoms with Crippen LogP contribution in [0.2, 0.25) is 0 Å². The predicted molar refractivity (Wildman–Crippen MR) is 162 cm³/mol. The van der Waals surface area contributed by atoms with Crippen molar-refractivity contribution in [2.45, 2.75) is 5.54 Å². The van der Waals surface area contributed by atoms with Crippen LogP contribution in [0.1, 0.15) is 16.7 Å². The van der Waals surface area contributed by atoms with Crippen molar-refractivity contribution in [3.05, 3.63) is 167 Å². The Hall–Kier alpha value is -4.41. The van der Waals surface area contributed by atoms with Gasteiger partial charge in [-0.25, -0.2) is 0 Å². The summed E-state index contributed by atoms with van der Waals surface area (Å²) in [6.45, 7) is 0. The summed E-state index contributed by atoms with van der Waals surface area (Å²) < 4.78 is 8.70. The van der Waals surface area contributed by atoms with E-state index in [9.17, 15) is 0 Å². The molecule has 0 aliphatic rings. The summed E-state index contributed by atoms with van der Waals surface area (Å²) in [6.07, 6.45) is 3.90. The minimum absolute atomic E-state index is 0.718. The maximum Gasteiger partial charge on any atom is 0.138 e. The Morgan fingerprint density at radius 3 is 1.74 bits per heavy atom. The van der Waals surface area contributed by atoms with E-state index in [2.05, 4.69) is 136 Å². The molecule has 6 aromatic rings. The fourth-order valence-electron chi connectivity index (χ4n) is 5.38. The first kappa shape index (κ1) is 24.9. The Balaban J connectivity index is 1.76. The highest BCUT2D eigenvalue weighted by molar-refractivity contribution is 9.10. The Bertz CT molecular complexity index is 1640. The molecule has 4 heteroatoms. The highest BCUT2D eigenvalue weighted by Gasteiger charge is 2.40. The molecule has 0 aliphatic heterocycles. The summed E-state index contributed by atoms with van der Waals surface area (Å²) in [5.41, 5.74) is 7.01.